The van der Waals surface area contributed by atoms with Crippen LogP contribution in [0.4, 0.5) is 0 Å². The Bertz CT molecular complexity index is 1530. The Kier molecular flexibility index (Phi) is 16.8. The number of hydrogen-bond acceptors (Lipinski definition) is 18. The number of aliphatic hydroxyl groups is 10. The van der Waals surface area contributed by atoms with E-state index in [0.29, 0.717) is 43.9 Å². The summed E-state index contributed by atoms with van der Waals surface area (Å²) in [5.74, 6) is 0.958. The maximum Gasteiger partial charge on any atom is 0.189 e. The van der Waals surface area contributed by atoms with Crippen molar-refractivity contribution in [3.8, 4) is 0 Å². The molecule has 10 N–H and O–H groups in total. The summed E-state index contributed by atoms with van der Waals surface area (Å²) in [6.45, 7) is 8.96. The van der Waals surface area contributed by atoms with E-state index >= 15 is 0 Å². The number of carbonyl (C=O) groups excluding carboxylic acids is 2. The summed E-state index contributed by atoms with van der Waals surface area (Å²) in [7, 11) is 0. The molecule has 0 aromatic rings. The van der Waals surface area contributed by atoms with E-state index in [0.717, 1.165) is 25.7 Å². The van der Waals surface area contributed by atoms with Crippen molar-refractivity contribution in [2.45, 2.75) is 197 Å². The van der Waals surface area contributed by atoms with Crippen LogP contribution in [0.2, 0.25) is 0 Å². The van der Waals surface area contributed by atoms with Crippen LogP contribution in [0.3, 0.4) is 0 Å². The first-order valence-corrected chi connectivity index (χ1v) is 22.6. The van der Waals surface area contributed by atoms with Crippen LogP contribution >= 0.6 is 0 Å². The number of fused-ring (bicyclic) bond motifs is 3. The first-order chi connectivity index (χ1) is 29.3. The van der Waals surface area contributed by atoms with Gasteiger partial charge in [0.1, 0.15) is 72.6 Å². The predicted octanol–water partition coefficient (Wildman–Crippen LogP) is -0.433. The Morgan fingerprint density at radius 3 is 2.13 bits per heavy atom. The van der Waals surface area contributed by atoms with Gasteiger partial charge >= 0.3 is 0 Å². The standard InChI is InChI=1S/C44H72O18/c1-19(17-45)6-11-29(48)21(3)14-24(47)16-27-20(2)7-10-28-26(27)9-8-23-15-25(12-13-44(23,28)5)58-43-39(61-42-36(54)33(51)34(52)40(56)62-42)37(55)38(30(18-46)59-43)60-41-35(53)32(50)31(49)22(4)57-41/h8,19-22,25-28,30-43,45-46,49-56H,6-7,9-18H2,1-5H3. The number of ether oxygens (including phenoxy) is 6. The molecule has 356 valence electrons. The first kappa shape index (κ1) is 49.9. The number of allylic oxidation sites excluding steroid dienone is 1. The molecule has 62 heavy (non-hydrogen) atoms. The highest BCUT2D eigenvalue weighted by Crippen LogP contribution is 2.59. The third kappa shape index (κ3) is 10.5. The van der Waals surface area contributed by atoms with Crippen LogP contribution in [0.1, 0.15) is 98.8 Å². The van der Waals surface area contributed by atoms with E-state index in [1.54, 1.807) is 0 Å². The van der Waals surface area contributed by atoms with E-state index in [-0.39, 0.29) is 53.7 Å². The maximum atomic E-state index is 13.5. The van der Waals surface area contributed by atoms with Crippen LogP contribution < -0.4 is 0 Å². The summed E-state index contributed by atoms with van der Waals surface area (Å²) < 4.78 is 35.5. The van der Waals surface area contributed by atoms with Gasteiger partial charge < -0.3 is 79.5 Å². The lowest BCUT2D eigenvalue weighted by Crippen LogP contribution is -2.66. The molecule has 0 amide bonds. The largest absolute Gasteiger partial charge is 0.396 e. The van der Waals surface area contributed by atoms with E-state index in [1.165, 1.54) is 12.5 Å². The molecule has 0 aromatic carbocycles. The van der Waals surface area contributed by atoms with Gasteiger partial charge in [0, 0.05) is 31.8 Å². The molecule has 3 aliphatic carbocycles. The smallest absolute Gasteiger partial charge is 0.189 e. The molecule has 18 nitrogen and oxygen atoms in total. The molecule has 6 aliphatic rings. The van der Waals surface area contributed by atoms with Crippen LogP contribution in [-0.2, 0) is 38.0 Å². The summed E-state index contributed by atoms with van der Waals surface area (Å²) >= 11 is 0. The number of carbonyl (C=O) groups is 2. The average Bonchev–Trinajstić information content (AvgIpc) is 3.24. The van der Waals surface area contributed by atoms with Crippen LogP contribution in [0, 0.1) is 40.9 Å². The fraction of sp³-hybridized carbons (Fsp3) is 0.909. The van der Waals surface area contributed by atoms with E-state index in [2.05, 4.69) is 19.9 Å². The second-order valence-electron chi connectivity index (χ2n) is 19.5. The molecular weight excluding hydrogens is 816 g/mol. The van der Waals surface area contributed by atoms with Gasteiger partial charge in [-0.25, -0.2) is 0 Å². The molecule has 3 saturated heterocycles. The average molecular weight is 889 g/mol. The van der Waals surface area contributed by atoms with Crippen LogP contribution in [0.5, 0.6) is 0 Å². The highest BCUT2D eigenvalue weighted by molar-refractivity contribution is 5.87. The normalized spacial score (nSPS) is 47.1. The summed E-state index contributed by atoms with van der Waals surface area (Å²) in [5, 5.41) is 105. The third-order valence-corrected chi connectivity index (χ3v) is 15.2. The molecule has 0 radical (unpaired) electrons. The zero-order chi connectivity index (χ0) is 45.4. The zero-order valence-electron chi connectivity index (χ0n) is 36.5. The number of aliphatic hydroxyl groups excluding tert-OH is 10. The lowest BCUT2D eigenvalue weighted by Gasteiger charge is -2.56. The molecule has 2 saturated carbocycles. The molecule has 23 atom stereocenters. The van der Waals surface area contributed by atoms with E-state index in [9.17, 15) is 60.7 Å². The van der Waals surface area contributed by atoms with Crippen molar-refractivity contribution in [3.05, 3.63) is 11.6 Å². The van der Waals surface area contributed by atoms with Crippen LogP contribution in [0.15, 0.2) is 11.6 Å². The molecular formula is C44H72O18. The lowest BCUT2D eigenvalue weighted by molar-refractivity contribution is -0.400. The fourth-order valence-corrected chi connectivity index (χ4v) is 11.0. The van der Waals surface area contributed by atoms with Crippen molar-refractivity contribution in [3.63, 3.8) is 0 Å². The van der Waals surface area contributed by atoms with E-state index in [4.69, 9.17) is 28.4 Å². The van der Waals surface area contributed by atoms with Gasteiger partial charge in [-0.2, -0.15) is 0 Å². The van der Waals surface area contributed by atoms with Gasteiger partial charge in [0.2, 0.25) is 0 Å². The summed E-state index contributed by atoms with van der Waals surface area (Å²) in [4.78, 5) is 26.3. The number of ketones is 2. The zero-order valence-corrected chi connectivity index (χ0v) is 36.5. The number of Topliss-reactive ketones (excluding diaryl/α,β-unsaturated/α-hetero) is 2. The molecule has 3 aliphatic heterocycles. The summed E-state index contributed by atoms with van der Waals surface area (Å²) in [6, 6.07) is 0. The number of hydrogen-bond donors (Lipinski definition) is 10. The molecule has 6 rings (SSSR count). The summed E-state index contributed by atoms with van der Waals surface area (Å²) in [6.07, 6.45) is -16.7. The van der Waals surface area contributed by atoms with Crippen molar-refractivity contribution in [1.82, 2.24) is 0 Å². The van der Waals surface area contributed by atoms with E-state index < -0.39 is 105 Å². The monoisotopic (exact) mass is 888 g/mol. The topological polar surface area (TPSA) is 292 Å². The maximum absolute atomic E-state index is 13.5. The van der Waals surface area contributed by atoms with Crippen molar-refractivity contribution in [2.75, 3.05) is 13.2 Å². The Morgan fingerprint density at radius 1 is 0.790 bits per heavy atom. The van der Waals surface area contributed by atoms with Gasteiger partial charge in [-0.05, 0) is 80.5 Å². The fourth-order valence-electron chi connectivity index (χ4n) is 11.0. The molecule has 18 heteroatoms. The molecule has 0 aromatic heterocycles. The van der Waals surface area contributed by atoms with Crippen molar-refractivity contribution < 1.29 is 89.1 Å². The Balaban J connectivity index is 1.16. The minimum absolute atomic E-state index is 0.0279. The Morgan fingerprint density at radius 2 is 1.45 bits per heavy atom. The highest BCUT2D eigenvalue weighted by atomic mass is 16.8. The Hall–Kier alpha value is -1.56. The van der Waals surface area contributed by atoms with Gasteiger partial charge in [-0.1, -0.05) is 45.8 Å². The number of rotatable bonds is 16. The second-order valence-corrected chi connectivity index (χ2v) is 19.5. The van der Waals surface area contributed by atoms with Gasteiger partial charge in [-0.15, -0.1) is 0 Å². The first-order valence-electron chi connectivity index (χ1n) is 22.6. The van der Waals surface area contributed by atoms with Crippen LogP contribution in [-0.4, -0.2) is 174 Å². The SMILES string of the molecule is CC(CO)CCC(=O)C(C)CC(=O)CC1C(C)CCC2C1CC=C1CC(OC3OC(CO)C(OC4OC(C)C(O)C(O)C4O)C(O)C3OC3OC(O)C(O)C(O)C3O)CCC12C. The van der Waals surface area contributed by atoms with Gasteiger partial charge in [0.25, 0.3) is 0 Å². The second kappa shape index (κ2) is 20.9. The van der Waals surface area contributed by atoms with Gasteiger partial charge in [0.05, 0.1) is 18.8 Å². The molecule has 0 bridgehead atoms. The lowest BCUT2D eigenvalue weighted by atomic mass is 9.50. The van der Waals surface area contributed by atoms with Crippen LogP contribution in [0.25, 0.3) is 0 Å². The Labute approximate surface area is 363 Å². The van der Waals surface area contributed by atoms with Gasteiger partial charge in [0.15, 0.2) is 25.2 Å². The van der Waals surface area contributed by atoms with E-state index in [1.807, 2.05) is 13.8 Å². The minimum atomic E-state index is -1.97. The van der Waals surface area contributed by atoms with Crippen molar-refractivity contribution in [1.29, 1.82) is 0 Å². The molecule has 23 unspecified atom stereocenters. The van der Waals surface area contributed by atoms with Gasteiger partial charge in [-0.3, -0.25) is 9.59 Å². The third-order valence-electron chi connectivity index (χ3n) is 15.2. The summed E-state index contributed by atoms with van der Waals surface area (Å²) in [5.41, 5.74) is 1.01. The minimum Gasteiger partial charge on any atom is -0.396 e. The molecule has 3 heterocycles. The molecule has 0 spiro atoms. The molecule has 5 fully saturated rings. The predicted molar refractivity (Wildman–Crippen MR) is 215 cm³/mol. The highest BCUT2D eigenvalue weighted by Gasteiger charge is 2.56. The van der Waals surface area contributed by atoms with Crippen molar-refractivity contribution in [2.24, 2.45) is 40.9 Å². The quantitative estimate of drug-likeness (QED) is 0.0880. The van der Waals surface area contributed by atoms with Crippen molar-refractivity contribution >= 4 is 11.6 Å².